The number of hydrogen-bond donors (Lipinski definition) is 1. The van der Waals surface area contributed by atoms with Crippen molar-refractivity contribution in [3.05, 3.63) is 53.9 Å². The second kappa shape index (κ2) is 10.5. The van der Waals surface area contributed by atoms with Crippen LogP contribution >= 0.6 is 0 Å². The summed E-state index contributed by atoms with van der Waals surface area (Å²) in [5, 5.41) is 2.74. The number of pyridine rings is 1. The van der Waals surface area contributed by atoms with E-state index in [9.17, 15) is 22.8 Å². The van der Waals surface area contributed by atoms with Crippen molar-refractivity contribution in [2.45, 2.75) is 77.5 Å². The predicted molar refractivity (Wildman–Crippen MR) is 128 cm³/mol. The van der Waals surface area contributed by atoms with Crippen LogP contribution in [0.3, 0.4) is 0 Å². The van der Waals surface area contributed by atoms with Crippen molar-refractivity contribution in [2.75, 3.05) is 6.67 Å². The Kier molecular flexibility index (Phi) is 7.97. The number of benzene rings is 1. The van der Waals surface area contributed by atoms with Gasteiger partial charge in [-0.3, -0.25) is 9.78 Å². The van der Waals surface area contributed by atoms with E-state index >= 15 is 0 Å². The van der Waals surface area contributed by atoms with E-state index in [0.29, 0.717) is 11.3 Å². The average Bonchev–Trinajstić information content (AvgIpc) is 3.07. The first-order valence-electron chi connectivity index (χ1n) is 11.6. The molecule has 1 aromatic carbocycles. The fourth-order valence-electron chi connectivity index (χ4n) is 4.21. The Morgan fingerprint density at radius 3 is 2.25 bits per heavy atom. The lowest BCUT2D eigenvalue weighted by molar-refractivity contribution is -0.159. The number of ether oxygens (including phenoxy) is 2. The number of hydrogen-bond acceptors (Lipinski definition) is 5. The highest BCUT2D eigenvalue weighted by atomic mass is 19.3. The number of alkyl halides is 3. The van der Waals surface area contributed by atoms with Gasteiger partial charge in [0.25, 0.3) is 5.91 Å². The van der Waals surface area contributed by atoms with Crippen molar-refractivity contribution in [1.82, 2.24) is 15.2 Å². The molecule has 1 aliphatic heterocycles. The summed E-state index contributed by atoms with van der Waals surface area (Å²) in [5.74, 6) is -1.46. The zero-order valence-electron chi connectivity index (χ0n) is 21.2. The van der Waals surface area contributed by atoms with Crippen LogP contribution in [0.15, 0.2) is 42.6 Å². The second-order valence-corrected chi connectivity index (χ2v) is 10.2. The van der Waals surface area contributed by atoms with E-state index < -0.39 is 48.6 Å². The van der Waals surface area contributed by atoms with Crippen molar-refractivity contribution in [1.29, 1.82) is 0 Å². The standard InChI is InChI=1S/C26H32F3N3O4/c1-15(31-24(34)36-25(2,3)4)19-12-11-18(14-30-19)16-7-9-17(10-8-16)21-20(13-27)32(23(33)22(28)29)26(5,6)35-21/h7-12,14-15,20-22H,13H2,1-6H3,(H,31,34)/t15?,20-,21-/m1/s1. The number of aromatic nitrogens is 1. The molecule has 1 fully saturated rings. The molecule has 1 aliphatic rings. The summed E-state index contributed by atoms with van der Waals surface area (Å²) in [5.41, 5.74) is 0.862. The van der Waals surface area contributed by atoms with Gasteiger partial charge in [0.15, 0.2) is 0 Å². The van der Waals surface area contributed by atoms with Gasteiger partial charge in [0.05, 0.1) is 17.8 Å². The molecule has 36 heavy (non-hydrogen) atoms. The summed E-state index contributed by atoms with van der Waals surface area (Å²) in [4.78, 5) is 29.3. The third kappa shape index (κ3) is 6.16. The Labute approximate surface area is 209 Å². The number of nitrogens with one attached hydrogen (secondary N) is 1. The van der Waals surface area contributed by atoms with Gasteiger partial charge < -0.3 is 19.7 Å². The normalized spacial score (nSPS) is 20.3. The van der Waals surface area contributed by atoms with E-state index in [4.69, 9.17) is 9.47 Å². The first-order valence-corrected chi connectivity index (χ1v) is 11.6. The molecule has 10 heteroatoms. The molecular weight excluding hydrogens is 475 g/mol. The number of carbonyl (C=O) groups is 2. The van der Waals surface area contributed by atoms with Crippen LogP contribution in [0.25, 0.3) is 11.1 Å². The molecule has 0 aliphatic carbocycles. The smallest absolute Gasteiger partial charge is 0.408 e. The number of nitrogens with zero attached hydrogens (tertiary/aromatic N) is 2. The maximum absolute atomic E-state index is 13.9. The molecule has 2 aromatic rings. The summed E-state index contributed by atoms with van der Waals surface area (Å²) in [6.07, 6.45) is -3.00. The first kappa shape index (κ1) is 27.4. The van der Waals surface area contributed by atoms with Gasteiger partial charge in [-0.15, -0.1) is 0 Å². The van der Waals surface area contributed by atoms with Gasteiger partial charge in [-0.1, -0.05) is 30.3 Å². The van der Waals surface area contributed by atoms with Crippen LogP contribution in [-0.2, 0) is 14.3 Å². The lowest BCUT2D eigenvalue weighted by atomic mass is 9.99. The molecule has 0 bridgehead atoms. The van der Waals surface area contributed by atoms with Crippen LogP contribution in [0.2, 0.25) is 0 Å². The fraction of sp³-hybridized carbons (Fsp3) is 0.500. The monoisotopic (exact) mass is 507 g/mol. The van der Waals surface area contributed by atoms with Crippen LogP contribution in [0.1, 0.15) is 64.9 Å². The number of rotatable bonds is 6. The molecular formula is C26H32F3N3O4. The minimum Gasteiger partial charge on any atom is -0.444 e. The van der Waals surface area contributed by atoms with Crippen molar-refractivity contribution in [3.63, 3.8) is 0 Å². The third-order valence-corrected chi connectivity index (χ3v) is 5.79. The lowest BCUT2D eigenvalue weighted by Crippen LogP contribution is -2.51. The largest absolute Gasteiger partial charge is 0.444 e. The number of amides is 2. The maximum Gasteiger partial charge on any atom is 0.408 e. The Morgan fingerprint density at radius 2 is 1.75 bits per heavy atom. The Balaban J connectivity index is 1.73. The molecule has 7 nitrogen and oxygen atoms in total. The molecule has 0 radical (unpaired) electrons. The van der Waals surface area contributed by atoms with E-state index in [-0.39, 0.29) is 6.04 Å². The van der Waals surface area contributed by atoms with E-state index in [1.165, 1.54) is 13.8 Å². The minimum absolute atomic E-state index is 0.365. The van der Waals surface area contributed by atoms with E-state index in [1.807, 2.05) is 6.07 Å². The highest BCUT2D eigenvalue weighted by molar-refractivity contribution is 5.80. The molecule has 196 valence electrons. The molecule has 3 atom stereocenters. The summed E-state index contributed by atoms with van der Waals surface area (Å²) in [6.45, 7) is 9.07. The summed E-state index contributed by atoms with van der Waals surface area (Å²) < 4.78 is 51.2. The highest BCUT2D eigenvalue weighted by Gasteiger charge is 2.52. The molecule has 1 unspecified atom stereocenters. The number of alkyl carbamates (subject to hydrolysis) is 1. The Hall–Kier alpha value is -3.14. The van der Waals surface area contributed by atoms with Gasteiger partial charge in [0.2, 0.25) is 0 Å². The van der Waals surface area contributed by atoms with Crippen molar-refractivity contribution in [2.24, 2.45) is 0 Å². The SMILES string of the molecule is CC(NC(=O)OC(C)(C)C)c1ccc(-c2ccc([C@H]3OC(C)(C)N(C(=O)C(F)F)[C@@H]3CF)cc2)cn1. The molecule has 0 saturated carbocycles. The number of halogens is 3. The quantitative estimate of drug-likeness (QED) is 0.553. The van der Waals surface area contributed by atoms with Gasteiger partial charge >= 0.3 is 12.5 Å². The molecule has 1 saturated heterocycles. The first-order chi connectivity index (χ1) is 16.7. The van der Waals surface area contributed by atoms with Crippen LogP contribution in [-0.4, -0.2) is 52.4 Å². The van der Waals surface area contributed by atoms with E-state index in [0.717, 1.165) is 16.0 Å². The second-order valence-electron chi connectivity index (χ2n) is 10.2. The van der Waals surface area contributed by atoms with Gasteiger partial charge in [-0.05, 0) is 58.7 Å². The van der Waals surface area contributed by atoms with Crippen LogP contribution in [0.4, 0.5) is 18.0 Å². The molecule has 3 rings (SSSR count). The van der Waals surface area contributed by atoms with Crippen molar-refractivity contribution < 1.29 is 32.2 Å². The minimum atomic E-state index is -3.25. The summed E-state index contributed by atoms with van der Waals surface area (Å²) in [6, 6.07) is 9.14. The van der Waals surface area contributed by atoms with E-state index in [1.54, 1.807) is 64.2 Å². The maximum atomic E-state index is 13.9. The third-order valence-electron chi connectivity index (χ3n) is 5.79. The van der Waals surface area contributed by atoms with Gasteiger partial charge in [0, 0.05) is 11.8 Å². The molecule has 1 N–H and O–H groups in total. The van der Waals surface area contributed by atoms with Crippen LogP contribution in [0.5, 0.6) is 0 Å². The average molecular weight is 508 g/mol. The Bertz CT molecular complexity index is 1070. The van der Waals surface area contributed by atoms with E-state index in [2.05, 4.69) is 10.3 Å². The summed E-state index contributed by atoms with van der Waals surface area (Å²) >= 11 is 0. The zero-order chi connectivity index (χ0) is 26.8. The van der Waals surface area contributed by atoms with Crippen molar-refractivity contribution in [3.8, 4) is 11.1 Å². The Morgan fingerprint density at radius 1 is 1.14 bits per heavy atom. The van der Waals surface area contributed by atoms with Gasteiger partial charge in [0.1, 0.15) is 24.1 Å². The predicted octanol–water partition coefficient (Wildman–Crippen LogP) is 5.57. The van der Waals surface area contributed by atoms with Crippen molar-refractivity contribution >= 4 is 12.0 Å². The molecule has 1 aromatic heterocycles. The summed E-state index contributed by atoms with van der Waals surface area (Å²) in [7, 11) is 0. The number of carbonyl (C=O) groups excluding carboxylic acids is 2. The zero-order valence-corrected chi connectivity index (χ0v) is 21.2. The fourth-order valence-corrected chi connectivity index (χ4v) is 4.21. The van der Waals surface area contributed by atoms with Crippen LogP contribution in [0, 0.1) is 0 Å². The molecule has 2 amide bonds. The van der Waals surface area contributed by atoms with Crippen LogP contribution < -0.4 is 5.32 Å². The van der Waals surface area contributed by atoms with Gasteiger partial charge in [-0.2, -0.15) is 8.78 Å². The molecule has 2 heterocycles. The highest BCUT2D eigenvalue weighted by Crippen LogP contribution is 2.42. The molecule has 0 spiro atoms. The topological polar surface area (TPSA) is 80.8 Å². The lowest BCUT2D eigenvalue weighted by Gasteiger charge is -2.32. The van der Waals surface area contributed by atoms with Gasteiger partial charge in [-0.25, -0.2) is 9.18 Å².